The van der Waals surface area contributed by atoms with Crippen LogP contribution < -0.4 is 10.6 Å². The molecule has 3 aromatic rings. The molecule has 1 aromatic carbocycles. The molecule has 1 saturated heterocycles. The van der Waals surface area contributed by atoms with Crippen molar-refractivity contribution < 1.29 is 14.7 Å². The molecule has 160 valence electrons. The number of anilines is 1. The number of carboxylic acid groups (broad SMARTS) is 1. The molecule has 0 aliphatic carbocycles. The third kappa shape index (κ3) is 3.26. The molecule has 1 spiro atoms. The van der Waals surface area contributed by atoms with Gasteiger partial charge in [-0.3, -0.25) is 15.0 Å². The predicted octanol–water partition coefficient (Wildman–Crippen LogP) is 3.26. The van der Waals surface area contributed by atoms with Gasteiger partial charge in [0.25, 0.3) is 0 Å². The molecule has 2 aromatic heterocycles. The minimum absolute atomic E-state index is 0.00486. The van der Waals surface area contributed by atoms with Gasteiger partial charge in [0, 0.05) is 54.4 Å². The molecule has 5 rings (SSSR count). The smallest absolute Gasteiger partial charge is 0.409 e. The van der Waals surface area contributed by atoms with E-state index in [-0.39, 0.29) is 11.4 Å². The number of amides is 3. The molecule has 1 unspecified atom stereocenters. The van der Waals surface area contributed by atoms with Crippen molar-refractivity contribution in [1.82, 2.24) is 25.0 Å². The van der Waals surface area contributed by atoms with Crippen LogP contribution in [0.1, 0.15) is 25.5 Å². The number of benzene rings is 1. The lowest BCUT2D eigenvalue weighted by Gasteiger charge is -2.23. The third-order valence-electron chi connectivity index (χ3n) is 6.36. The molecule has 9 heteroatoms. The molecule has 31 heavy (non-hydrogen) atoms. The highest BCUT2D eigenvalue weighted by Crippen LogP contribution is 2.44. The Hall–Kier alpha value is -3.62. The van der Waals surface area contributed by atoms with Gasteiger partial charge in [0.2, 0.25) is 0 Å². The number of nitrogens with zero attached hydrogens (tertiary/aromatic N) is 4. The average molecular weight is 420 g/mol. The van der Waals surface area contributed by atoms with Crippen LogP contribution in [0.3, 0.4) is 0 Å². The van der Waals surface area contributed by atoms with Crippen LogP contribution in [0.5, 0.6) is 0 Å². The van der Waals surface area contributed by atoms with Gasteiger partial charge >= 0.3 is 12.1 Å². The second kappa shape index (κ2) is 7.26. The summed E-state index contributed by atoms with van der Waals surface area (Å²) in [5.41, 5.74) is 3.96. The molecule has 0 radical (unpaired) electrons. The zero-order valence-electron chi connectivity index (χ0n) is 17.3. The summed E-state index contributed by atoms with van der Waals surface area (Å²) in [6.45, 7) is 4.82. The van der Waals surface area contributed by atoms with Gasteiger partial charge in [0.15, 0.2) is 0 Å². The highest BCUT2D eigenvalue weighted by atomic mass is 16.4. The standard InChI is InChI=1S/C22H24N6O3/c1-2-23-20(29)27-8-6-22(13-27)7-9-28-19(22)11-18(26-28)14-10-15-16(24-12-14)4-3-5-17(15)25-21(30)31/h3-5,10-12,25H,2,6-9,13H2,1H3,(H,23,29)(H,30,31). The first-order chi connectivity index (χ1) is 15.0. The molecule has 3 N–H and O–H groups in total. The van der Waals surface area contributed by atoms with Crippen LogP contribution in [0.25, 0.3) is 22.2 Å². The normalized spacial score (nSPS) is 19.7. The maximum absolute atomic E-state index is 12.3. The number of aryl methyl sites for hydroxylation is 1. The summed E-state index contributed by atoms with van der Waals surface area (Å²) in [7, 11) is 0. The molecular weight excluding hydrogens is 396 g/mol. The van der Waals surface area contributed by atoms with Crippen LogP contribution in [0.15, 0.2) is 36.5 Å². The fourth-order valence-corrected chi connectivity index (χ4v) is 4.84. The van der Waals surface area contributed by atoms with E-state index in [0.29, 0.717) is 24.3 Å². The van der Waals surface area contributed by atoms with Crippen molar-refractivity contribution in [2.45, 2.75) is 31.7 Å². The van der Waals surface area contributed by atoms with Crippen molar-refractivity contribution in [1.29, 1.82) is 0 Å². The van der Waals surface area contributed by atoms with E-state index < -0.39 is 6.09 Å². The van der Waals surface area contributed by atoms with E-state index in [1.807, 2.05) is 28.6 Å². The molecule has 0 bridgehead atoms. The number of carbonyl (C=O) groups is 2. The van der Waals surface area contributed by atoms with Gasteiger partial charge in [-0.15, -0.1) is 0 Å². The van der Waals surface area contributed by atoms with Crippen molar-refractivity contribution >= 4 is 28.7 Å². The fourth-order valence-electron chi connectivity index (χ4n) is 4.84. The molecule has 0 saturated carbocycles. The van der Waals surface area contributed by atoms with Crippen LogP contribution >= 0.6 is 0 Å². The topological polar surface area (TPSA) is 112 Å². The molecule has 2 aliphatic heterocycles. The highest BCUT2D eigenvalue weighted by Gasteiger charge is 2.46. The molecule has 1 fully saturated rings. The summed E-state index contributed by atoms with van der Waals surface area (Å²) in [5.74, 6) is 0. The number of pyridine rings is 1. The zero-order chi connectivity index (χ0) is 21.6. The number of nitrogens with one attached hydrogen (secondary N) is 2. The first-order valence-corrected chi connectivity index (χ1v) is 10.5. The predicted molar refractivity (Wildman–Crippen MR) is 116 cm³/mol. The van der Waals surface area contributed by atoms with E-state index in [0.717, 1.165) is 48.3 Å². The number of likely N-dealkylation sites (tertiary alicyclic amines) is 1. The van der Waals surface area contributed by atoms with Gasteiger partial charge in [-0.2, -0.15) is 5.10 Å². The number of urea groups is 1. The van der Waals surface area contributed by atoms with Gasteiger partial charge < -0.3 is 15.3 Å². The SMILES string of the molecule is CCNC(=O)N1CCC2(CCn3nc(-c4cnc5cccc(NC(=O)O)c5c4)cc32)C1. The Balaban J connectivity index is 1.48. The van der Waals surface area contributed by atoms with Crippen molar-refractivity contribution in [2.24, 2.45) is 0 Å². The minimum Gasteiger partial charge on any atom is -0.465 e. The lowest BCUT2D eigenvalue weighted by molar-refractivity contribution is 0.206. The van der Waals surface area contributed by atoms with E-state index in [1.54, 1.807) is 18.3 Å². The second-order valence-electron chi connectivity index (χ2n) is 8.20. The Morgan fingerprint density at radius 3 is 2.87 bits per heavy atom. The molecule has 2 aliphatic rings. The first kappa shape index (κ1) is 19.3. The Morgan fingerprint density at radius 1 is 1.23 bits per heavy atom. The second-order valence-corrected chi connectivity index (χ2v) is 8.20. The molecule has 9 nitrogen and oxygen atoms in total. The third-order valence-corrected chi connectivity index (χ3v) is 6.36. The van der Waals surface area contributed by atoms with Gasteiger partial charge in [-0.05, 0) is 44.0 Å². The highest BCUT2D eigenvalue weighted by molar-refractivity contribution is 5.99. The summed E-state index contributed by atoms with van der Waals surface area (Å²) in [4.78, 5) is 29.8. The summed E-state index contributed by atoms with van der Waals surface area (Å²) in [6, 6.07) is 9.37. The molecule has 3 amide bonds. The number of hydrogen-bond acceptors (Lipinski definition) is 4. The Bertz CT molecular complexity index is 1190. The van der Waals surface area contributed by atoms with Gasteiger partial charge in [0.1, 0.15) is 0 Å². The Kier molecular flexibility index (Phi) is 4.53. The summed E-state index contributed by atoms with van der Waals surface area (Å²) in [5, 5.41) is 20.0. The van der Waals surface area contributed by atoms with E-state index in [4.69, 9.17) is 10.2 Å². The van der Waals surface area contributed by atoms with Crippen molar-refractivity contribution in [3.8, 4) is 11.3 Å². The number of carbonyl (C=O) groups excluding carboxylic acids is 1. The minimum atomic E-state index is -1.11. The van der Waals surface area contributed by atoms with Crippen LogP contribution in [-0.4, -0.2) is 56.5 Å². The number of fused-ring (bicyclic) bond motifs is 3. The van der Waals surface area contributed by atoms with Gasteiger partial charge in [-0.1, -0.05) is 6.07 Å². The van der Waals surface area contributed by atoms with E-state index in [1.165, 1.54) is 0 Å². The van der Waals surface area contributed by atoms with Crippen LogP contribution in [0.2, 0.25) is 0 Å². The van der Waals surface area contributed by atoms with Gasteiger partial charge in [0.05, 0.1) is 16.9 Å². The van der Waals surface area contributed by atoms with Crippen LogP contribution in [0.4, 0.5) is 15.3 Å². The summed E-state index contributed by atoms with van der Waals surface area (Å²) in [6.07, 6.45) is 2.57. The molecule has 4 heterocycles. The van der Waals surface area contributed by atoms with E-state index in [2.05, 4.69) is 21.7 Å². The summed E-state index contributed by atoms with van der Waals surface area (Å²) < 4.78 is 2.04. The van der Waals surface area contributed by atoms with Crippen molar-refractivity contribution in [2.75, 3.05) is 25.0 Å². The van der Waals surface area contributed by atoms with Crippen molar-refractivity contribution in [3.05, 3.63) is 42.2 Å². The van der Waals surface area contributed by atoms with Crippen molar-refractivity contribution in [3.63, 3.8) is 0 Å². The zero-order valence-corrected chi connectivity index (χ0v) is 17.3. The Labute approximate surface area is 179 Å². The van der Waals surface area contributed by atoms with Gasteiger partial charge in [-0.25, -0.2) is 9.59 Å². The lowest BCUT2D eigenvalue weighted by atomic mass is 9.82. The fraction of sp³-hybridized carbons (Fsp3) is 0.364. The summed E-state index contributed by atoms with van der Waals surface area (Å²) >= 11 is 0. The first-order valence-electron chi connectivity index (χ1n) is 10.5. The monoisotopic (exact) mass is 420 g/mol. The van der Waals surface area contributed by atoms with Crippen LogP contribution in [0, 0.1) is 0 Å². The number of aromatic nitrogens is 3. The maximum atomic E-state index is 12.3. The van der Waals surface area contributed by atoms with Crippen LogP contribution in [-0.2, 0) is 12.0 Å². The number of hydrogen-bond donors (Lipinski definition) is 3. The largest absolute Gasteiger partial charge is 0.465 e. The van der Waals surface area contributed by atoms with E-state index >= 15 is 0 Å². The average Bonchev–Trinajstić information content (AvgIpc) is 3.45. The van der Waals surface area contributed by atoms with E-state index in [9.17, 15) is 9.59 Å². The Morgan fingerprint density at radius 2 is 2.06 bits per heavy atom. The maximum Gasteiger partial charge on any atom is 0.409 e. The molecular formula is C22H24N6O3. The number of rotatable bonds is 3. The molecule has 1 atom stereocenters. The quantitative estimate of drug-likeness (QED) is 0.602. The lowest BCUT2D eigenvalue weighted by Crippen LogP contribution is -2.40.